The van der Waals surface area contributed by atoms with E-state index < -0.39 is 6.04 Å². The summed E-state index contributed by atoms with van der Waals surface area (Å²) in [5, 5.41) is 20.0. The SMILES string of the molecule is CC(C(=O)NCCOc1ccc2nnc(-c3ccccc3)n2n1)n1nc2c(cc1=O)CCC2. The summed E-state index contributed by atoms with van der Waals surface area (Å²) in [5.41, 5.74) is 3.14. The summed E-state index contributed by atoms with van der Waals surface area (Å²) in [6.45, 7) is 2.14. The minimum absolute atomic E-state index is 0.215. The number of aromatic nitrogens is 6. The summed E-state index contributed by atoms with van der Waals surface area (Å²) in [5.74, 6) is 0.712. The Labute approximate surface area is 189 Å². The molecule has 33 heavy (non-hydrogen) atoms. The number of carbonyl (C=O) groups excluding carboxylic acids is 1. The number of ether oxygens (including phenoxy) is 1. The fraction of sp³-hybridized carbons (Fsp3) is 0.304. The number of nitrogens with zero attached hydrogens (tertiary/aromatic N) is 6. The molecule has 0 saturated heterocycles. The van der Waals surface area contributed by atoms with Crippen LogP contribution >= 0.6 is 0 Å². The van der Waals surface area contributed by atoms with Crippen LogP contribution in [0.1, 0.15) is 30.6 Å². The van der Waals surface area contributed by atoms with Gasteiger partial charge in [-0.05, 0) is 37.8 Å². The molecule has 0 bridgehead atoms. The van der Waals surface area contributed by atoms with E-state index in [1.165, 1.54) is 4.68 Å². The first-order chi connectivity index (χ1) is 16.1. The molecule has 10 nitrogen and oxygen atoms in total. The lowest BCUT2D eigenvalue weighted by molar-refractivity contribution is -0.124. The standard InChI is InChI=1S/C23H23N7O3/c1-15(29-21(31)14-17-8-5-9-18(17)27-29)23(32)24-12-13-33-20-11-10-19-25-26-22(30(19)28-20)16-6-3-2-4-7-16/h2-4,6-7,10-11,14-15H,5,8-9,12-13H2,1H3,(H,24,32). The normalized spacial score (nSPS) is 13.6. The molecule has 1 aliphatic rings. The number of nitrogens with one attached hydrogen (secondary N) is 1. The lowest BCUT2D eigenvalue weighted by atomic mass is 10.2. The van der Waals surface area contributed by atoms with E-state index in [0.717, 1.165) is 36.1 Å². The minimum atomic E-state index is -0.705. The van der Waals surface area contributed by atoms with Crippen LogP contribution in [0.15, 0.2) is 53.3 Å². The van der Waals surface area contributed by atoms with Gasteiger partial charge in [-0.15, -0.1) is 15.3 Å². The van der Waals surface area contributed by atoms with Gasteiger partial charge in [-0.1, -0.05) is 30.3 Å². The Bertz CT molecular complexity index is 1360. The summed E-state index contributed by atoms with van der Waals surface area (Å²) >= 11 is 0. The highest BCUT2D eigenvalue weighted by atomic mass is 16.5. The van der Waals surface area contributed by atoms with Crippen molar-refractivity contribution in [2.45, 2.75) is 32.2 Å². The van der Waals surface area contributed by atoms with Crippen LogP contribution in [0.4, 0.5) is 0 Å². The highest BCUT2D eigenvalue weighted by Gasteiger charge is 2.21. The zero-order chi connectivity index (χ0) is 22.8. The molecular formula is C23H23N7O3. The van der Waals surface area contributed by atoms with Crippen molar-refractivity contribution in [2.75, 3.05) is 13.2 Å². The average molecular weight is 445 g/mol. The molecule has 3 aromatic heterocycles. The third-order valence-corrected chi connectivity index (χ3v) is 5.65. The van der Waals surface area contributed by atoms with Crippen LogP contribution < -0.4 is 15.6 Å². The van der Waals surface area contributed by atoms with Crippen molar-refractivity contribution in [3.05, 3.63) is 70.1 Å². The number of hydrogen-bond donors (Lipinski definition) is 1. The first-order valence-electron chi connectivity index (χ1n) is 10.9. The molecule has 0 spiro atoms. The van der Waals surface area contributed by atoms with Gasteiger partial charge in [0.2, 0.25) is 11.8 Å². The molecule has 5 rings (SSSR count). The van der Waals surface area contributed by atoms with Crippen molar-refractivity contribution in [3.8, 4) is 17.3 Å². The molecule has 0 radical (unpaired) electrons. The van der Waals surface area contributed by atoms with Crippen molar-refractivity contribution in [2.24, 2.45) is 0 Å². The van der Waals surface area contributed by atoms with E-state index in [9.17, 15) is 9.59 Å². The highest BCUT2D eigenvalue weighted by molar-refractivity contribution is 5.79. The van der Waals surface area contributed by atoms with Crippen LogP contribution in [-0.2, 0) is 17.6 Å². The minimum Gasteiger partial charge on any atom is -0.475 e. The summed E-state index contributed by atoms with van der Waals surface area (Å²) in [6, 6.07) is 14.0. The summed E-state index contributed by atoms with van der Waals surface area (Å²) in [7, 11) is 0. The van der Waals surface area contributed by atoms with E-state index in [1.54, 1.807) is 29.6 Å². The highest BCUT2D eigenvalue weighted by Crippen LogP contribution is 2.19. The first-order valence-corrected chi connectivity index (χ1v) is 10.9. The topological polar surface area (TPSA) is 116 Å². The quantitative estimate of drug-likeness (QED) is 0.430. The molecule has 10 heteroatoms. The van der Waals surface area contributed by atoms with Crippen LogP contribution in [0, 0.1) is 0 Å². The smallest absolute Gasteiger partial charge is 0.267 e. The molecule has 3 heterocycles. The molecule has 1 unspecified atom stereocenters. The Balaban J connectivity index is 1.20. The number of fused-ring (bicyclic) bond motifs is 2. The monoisotopic (exact) mass is 445 g/mol. The molecule has 4 aromatic rings. The first kappa shape index (κ1) is 20.8. The number of aryl methyl sites for hydroxylation is 2. The van der Waals surface area contributed by atoms with E-state index in [2.05, 4.69) is 25.7 Å². The van der Waals surface area contributed by atoms with Crippen LogP contribution in [-0.4, -0.2) is 48.7 Å². The van der Waals surface area contributed by atoms with E-state index in [-0.39, 0.29) is 24.6 Å². The molecule has 1 aromatic carbocycles. The fourth-order valence-corrected chi connectivity index (χ4v) is 3.90. The third kappa shape index (κ3) is 4.19. The van der Waals surface area contributed by atoms with Gasteiger partial charge in [0.25, 0.3) is 5.56 Å². The Morgan fingerprint density at radius 2 is 1.97 bits per heavy atom. The Kier molecular flexibility index (Phi) is 5.55. The zero-order valence-electron chi connectivity index (χ0n) is 18.1. The molecule has 1 N–H and O–H groups in total. The molecular weight excluding hydrogens is 422 g/mol. The summed E-state index contributed by atoms with van der Waals surface area (Å²) in [6.07, 6.45) is 2.71. The molecule has 0 aliphatic heterocycles. The van der Waals surface area contributed by atoms with Crippen molar-refractivity contribution in [1.29, 1.82) is 0 Å². The van der Waals surface area contributed by atoms with Crippen LogP contribution in [0.2, 0.25) is 0 Å². The second-order valence-corrected chi connectivity index (χ2v) is 7.90. The van der Waals surface area contributed by atoms with Crippen molar-refractivity contribution in [1.82, 2.24) is 34.9 Å². The molecule has 0 fully saturated rings. The maximum atomic E-state index is 12.5. The summed E-state index contributed by atoms with van der Waals surface area (Å²) in [4.78, 5) is 24.9. The van der Waals surface area contributed by atoms with E-state index in [0.29, 0.717) is 17.4 Å². The molecule has 1 atom stereocenters. The maximum Gasteiger partial charge on any atom is 0.267 e. The van der Waals surface area contributed by atoms with Gasteiger partial charge in [-0.25, -0.2) is 4.68 Å². The van der Waals surface area contributed by atoms with Gasteiger partial charge < -0.3 is 10.1 Å². The predicted molar refractivity (Wildman–Crippen MR) is 120 cm³/mol. The molecule has 1 amide bonds. The number of hydrogen-bond acceptors (Lipinski definition) is 7. The fourth-order valence-electron chi connectivity index (χ4n) is 3.90. The second-order valence-electron chi connectivity index (χ2n) is 7.90. The van der Waals surface area contributed by atoms with Crippen molar-refractivity contribution >= 4 is 11.6 Å². The van der Waals surface area contributed by atoms with E-state index >= 15 is 0 Å². The Morgan fingerprint density at radius 1 is 1.12 bits per heavy atom. The van der Waals surface area contributed by atoms with E-state index in [4.69, 9.17) is 4.74 Å². The van der Waals surface area contributed by atoms with E-state index in [1.807, 2.05) is 30.3 Å². The van der Waals surface area contributed by atoms with Gasteiger partial charge >= 0.3 is 0 Å². The number of benzene rings is 1. The third-order valence-electron chi connectivity index (χ3n) is 5.65. The second kappa shape index (κ2) is 8.81. The van der Waals surface area contributed by atoms with Crippen molar-refractivity contribution in [3.63, 3.8) is 0 Å². The number of amides is 1. The summed E-state index contributed by atoms with van der Waals surface area (Å²) < 4.78 is 8.59. The molecule has 1 aliphatic carbocycles. The number of rotatable bonds is 7. The van der Waals surface area contributed by atoms with Gasteiger partial charge in [0, 0.05) is 17.7 Å². The van der Waals surface area contributed by atoms with Gasteiger partial charge in [-0.3, -0.25) is 9.59 Å². The Hall–Kier alpha value is -4.08. The average Bonchev–Trinajstić information content (AvgIpc) is 3.47. The molecule has 168 valence electrons. The zero-order valence-corrected chi connectivity index (χ0v) is 18.1. The van der Waals surface area contributed by atoms with Crippen LogP contribution in [0.25, 0.3) is 17.0 Å². The van der Waals surface area contributed by atoms with Crippen molar-refractivity contribution < 1.29 is 9.53 Å². The lowest BCUT2D eigenvalue weighted by Crippen LogP contribution is -2.38. The van der Waals surface area contributed by atoms with Gasteiger partial charge in [0.15, 0.2) is 11.5 Å². The predicted octanol–water partition coefficient (Wildman–Crippen LogP) is 1.59. The lowest BCUT2D eigenvalue weighted by Gasteiger charge is -2.15. The van der Waals surface area contributed by atoms with Gasteiger partial charge in [0.1, 0.15) is 12.6 Å². The maximum absolute atomic E-state index is 12.5. The Morgan fingerprint density at radius 3 is 2.82 bits per heavy atom. The number of carbonyl (C=O) groups is 1. The largest absolute Gasteiger partial charge is 0.475 e. The van der Waals surface area contributed by atoms with Crippen LogP contribution in [0.3, 0.4) is 0 Å². The van der Waals surface area contributed by atoms with Gasteiger partial charge in [0.05, 0.1) is 12.2 Å². The van der Waals surface area contributed by atoms with Crippen LogP contribution in [0.5, 0.6) is 5.88 Å². The molecule has 0 saturated carbocycles. The van der Waals surface area contributed by atoms with Gasteiger partial charge in [-0.2, -0.15) is 9.61 Å².